The van der Waals surface area contributed by atoms with Crippen molar-refractivity contribution in [1.82, 2.24) is 4.72 Å². The quantitative estimate of drug-likeness (QED) is 0.848. The lowest BCUT2D eigenvalue weighted by Gasteiger charge is -2.16. The summed E-state index contributed by atoms with van der Waals surface area (Å²) in [5, 5.41) is 7.10. The molecule has 18 heavy (non-hydrogen) atoms. The molecule has 0 saturated heterocycles. The van der Waals surface area contributed by atoms with Gasteiger partial charge >= 0.3 is 5.97 Å². The van der Waals surface area contributed by atoms with E-state index in [0.717, 1.165) is 6.92 Å². The number of carboxylic acids is 1. The van der Waals surface area contributed by atoms with Gasteiger partial charge in [-0.3, -0.25) is 4.79 Å². The fourth-order valence-corrected chi connectivity index (χ4v) is 2.42. The van der Waals surface area contributed by atoms with Gasteiger partial charge in [0.1, 0.15) is 5.82 Å². The fraction of sp³-hybridized carbons (Fsp3) is 0.364. The SMILES string of the molecule is CC(NS(=O)(=O)C(C)C(=O)O)c1cccc(F)c1. The van der Waals surface area contributed by atoms with Crippen LogP contribution >= 0.6 is 0 Å². The molecule has 1 aromatic rings. The fourth-order valence-electron chi connectivity index (χ4n) is 1.33. The summed E-state index contributed by atoms with van der Waals surface area (Å²) in [6.07, 6.45) is 0. The summed E-state index contributed by atoms with van der Waals surface area (Å²) in [5.74, 6) is -1.92. The van der Waals surface area contributed by atoms with Crippen LogP contribution in [0, 0.1) is 5.82 Å². The van der Waals surface area contributed by atoms with Gasteiger partial charge in [-0.1, -0.05) is 12.1 Å². The predicted molar refractivity (Wildman–Crippen MR) is 64.0 cm³/mol. The molecule has 100 valence electrons. The lowest BCUT2D eigenvalue weighted by Crippen LogP contribution is -2.38. The highest BCUT2D eigenvalue weighted by atomic mass is 32.2. The number of carbonyl (C=O) groups is 1. The normalized spacial score (nSPS) is 15.1. The number of carboxylic acid groups (broad SMARTS) is 1. The number of halogens is 1. The van der Waals surface area contributed by atoms with Gasteiger partial charge < -0.3 is 5.11 Å². The number of hydrogen-bond acceptors (Lipinski definition) is 3. The molecular weight excluding hydrogens is 261 g/mol. The van der Waals surface area contributed by atoms with Crippen LogP contribution in [0.25, 0.3) is 0 Å². The molecule has 0 fully saturated rings. The zero-order valence-electron chi connectivity index (χ0n) is 9.92. The van der Waals surface area contributed by atoms with Gasteiger partial charge in [-0.2, -0.15) is 0 Å². The van der Waals surface area contributed by atoms with Crippen LogP contribution in [0.1, 0.15) is 25.5 Å². The number of aliphatic carboxylic acids is 1. The second kappa shape index (κ2) is 5.45. The summed E-state index contributed by atoms with van der Waals surface area (Å²) in [4.78, 5) is 10.6. The first-order chi connectivity index (χ1) is 8.24. The molecule has 0 aliphatic rings. The van der Waals surface area contributed by atoms with Crippen molar-refractivity contribution in [3.8, 4) is 0 Å². The molecule has 1 aromatic carbocycles. The van der Waals surface area contributed by atoms with Crippen LogP contribution in [0.5, 0.6) is 0 Å². The van der Waals surface area contributed by atoms with E-state index in [1.165, 1.54) is 25.1 Å². The van der Waals surface area contributed by atoms with E-state index in [-0.39, 0.29) is 0 Å². The molecule has 0 aliphatic heterocycles. The van der Waals surface area contributed by atoms with E-state index in [1.54, 1.807) is 6.07 Å². The van der Waals surface area contributed by atoms with Crippen molar-refractivity contribution in [3.63, 3.8) is 0 Å². The third-order valence-corrected chi connectivity index (χ3v) is 4.32. The lowest BCUT2D eigenvalue weighted by atomic mass is 10.1. The average Bonchev–Trinajstić information content (AvgIpc) is 2.27. The van der Waals surface area contributed by atoms with Crippen LogP contribution in [-0.2, 0) is 14.8 Å². The highest BCUT2D eigenvalue weighted by Crippen LogP contribution is 2.15. The van der Waals surface area contributed by atoms with Crippen molar-refractivity contribution in [2.75, 3.05) is 0 Å². The van der Waals surface area contributed by atoms with Crippen LogP contribution in [0.3, 0.4) is 0 Å². The topological polar surface area (TPSA) is 83.5 Å². The Labute approximate surface area is 105 Å². The van der Waals surface area contributed by atoms with Gasteiger partial charge in [0.05, 0.1) is 0 Å². The summed E-state index contributed by atoms with van der Waals surface area (Å²) in [5.41, 5.74) is 0.427. The summed E-state index contributed by atoms with van der Waals surface area (Å²) in [7, 11) is -3.99. The lowest BCUT2D eigenvalue weighted by molar-refractivity contribution is -0.136. The molecule has 2 atom stereocenters. The molecule has 2 N–H and O–H groups in total. The van der Waals surface area contributed by atoms with Crippen molar-refractivity contribution < 1.29 is 22.7 Å². The van der Waals surface area contributed by atoms with E-state index in [2.05, 4.69) is 4.72 Å². The molecule has 0 radical (unpaired) electrons. The zero-order chi connectivity index (χ0) is 13.9. The highest BCUT2D eigenvalue weighted by molar-refractivity contribution is 7.90. The summed E-state index contributed by atoms with van der Waals surface area (Å²) >= 11 is 0. The monoisotopic (exact) mass is 275 g/mol. The van der Waals surface area contributed by atoms with E-state index in [0.29, 0.717) is 5.56 Å². The predicted octanol–water partition coefficient (Wildman–Crippen LogP) is 1.28. The van der Waals surface area contributed by atoms with Gasteiger partial charge in [-0.05, 0) is 31.5 Å². The smallest absolute Gasteiger partial charge is 0.323 e. The zero-order valence-corrected chi connectivity index (χ0v) is 10.7. The van der Waals surface area contributed by atoms with Crippen molar-refractivity contribution in [3.05, 3.63) is 35.6 Å². The molecule has 0 bridgehead atoms. The Hall–Kier alpha value is -1.47. The highest BCUT2D eigenvalue weighted by Gasteiger charge is 2.29. The molecule has 7 heteroatoms. The first-order valence-electron chi connectivity index (χ1n) is 5.23. The summed E-state index contributed by atoms with van der Waals surface area (Å²) in [6.45, 7) is 2.59. The Kier molecular flexibility index (Phi) is 4.42. The number of rotatable bonds is 5. The Morgan fingerprint density at radius 3 is 2.50 bits per heavy atom. The number of hydrogen-bond donors (Lipinski definition) is 2. The third kappa shape index (κ3) is 3.51. The number of sulfonamides is 1. The maximum atomic E-state index is 13.0. The molecule has 0 aromatic heterocycles. The second-order valence-electron chi connectivity index (χ2n) is 3.92. The molecule has 0 aliphatic carbocycles. The van der Waals surface area contributed by atoms with Crippen LogP contribution in [0.15, 0.2) is 24.3 Å². The molecule has 0 saturated carbocycles. The van der Waals surface area contributed by atoms with Gasteiger partial charge in [-0.15, -0.1) is 0 Å². The van der Waals surface area contributed by atoms with Gasteiger partial charge in [-0.25, -0.2) is 17.5 Å². The Bertz CT molecular complexity index is 544. The standard InChI is InChI=1S/C11H14FNO4S/c1-7(9-4-3-5-10(12)6-9)13-18(16,17)8(2)11(14)15/h3-8,13H,1-2H3,(H,14,15). The number of benzene rings is 1. The third-order valence-electron chi connectivity index (χ3n) is 2.50. The maximum absolute atomic E-state index is 13.0. The molecule has 5 nitrogen and oxygen atoms in total. The maximum Gasteiger partial charge on any atom is 0.323 e. The Morgan fingerprint density at radius 2 is 2.00 bits per heavy atom. The van der Waals surface area contributed by atoms with Crippen molar-refractivity contribution in [1.29, 1.82) is 0 Å². The van der Waals surface area contributed by atoms with Gasteiger partial charge in [0, 0.05) is 6.04 Å². The van der Waals surface area contributed by atoms with E-state index in [1.807, 2.05) is 0 Å². The average molecular weight is 275 g/mol. The van der Waals surface area contributed by atoms with Gasteiger partial charge in [0.2, 0.25) is 10.0 Å². The Balaban J connectivity index is 2.88. The minimum Gasteiger partial charge on any atom is -0.480 e. The largest absolute Gasteiger partial charge is 0.480 e. The van der Waals surface area contributed by atoms with Crippen molar-refractivity contribution >= 4 is 16.0 Å². The van der Waals surface area contributed by atoms with E-state index >= 15 is 0 Å². The summed E-state index contributed by atoms with van der Waals surface area (Å²) < 4.78 is 38.5. The second-order valence-corrected chi connectivity index (χ2v) is 5.95. The molecule has 0 heterocycles. The van der Waals surface area contributed by atoms with E-state index in [4.69, 9.17) is 5.11 Å². The minimum absolute atomic E-state index is 0.427. The molecule has 1 rings (SSSR count). The van der Waals surface area contributed by atoms with Crippen LogP contribution in [0.4, 0.5) is 4.39 Å². The summed E-state index contributed by atoms with van der Waals surface area (Å²) in [6, 6.07) is 4.74. The van der Waals surface area contributed by atoms with Crippen LogP contribution < -0.4 is 4.72 Å². The van der Waals surface area contributed by atoms with Crippen molar-refractivity contribution in [2.24, 2.45) is 0 Å². The minimum atomic E-state index is -3.99. The van der Waals surface area contributed by atoms with Gasteiger partial charge in [0.25, 0.3) is 0 Å². The number of nitrogens with one attached hydrogen (secondary N) is 1. The molecule has 0 amide bonds. The van der Waals surface area contributed by atoms with E-state index < -0.39 is 33.1 Å². The van der Waals surface area contributed by atoms with Crippen LogP contribution in [0.2, 0.25) is 0 Å². The molecule has 2 unspecified atom stereocenters. The molecular formula is C11H14FNO4S. The molecule has 0 spiro atoms. The first kappa shape index (κ1) is 14.6. The Morgan fingerprint density at radius 1 is 1.39 bits per heavy atom. The van der Waals surface area contributed by atoms with Crippen LogP contribution in [-0.4, -0.2) is 24.7 Å². The first-order valence-corrected chi connectivity index (χ1v) is 6.78. The van der Waals surface area contributed by atoms with Gasteiger partial charge in [0.15, 0.2) is 5.25 Å². The van der Waals surface area contributed by atoms with Crippen molar-refractivity contribution in [2.45, 2.75) is 25.1 Å². The van der Waals surface area contributed by atoms with E-state index in [9.17, 15) is 17.6 Å².